The van der Waals surface area contributed by atoms with E-state index in [0.29, 0.717) is 5.22 Å². The summed E-state index contributed by atoms with van der Waals surface area (Å²) < 4.78 is 0. The Balaban J connectivity index is 1.73. The van der Waals surface area contributed by atoms with Crippen LogP contribution in [0.3, 0.4) is 0 Å². The number of aryl methyl sites for hydroxylation is 1. The maximum atomic E-state index is 9.35. The van der Waals surface area contributed by atoms with Crippen LogP contribution in [0, 0.1) is 22.7 Å². The largest absolute Gasteiger partial charge is 0.344 e. The average Bonchev–Trinajstić information content (AvgIpc) is 3.02. The van der Waals surface area contributed by atoms with E-state index in [1.165, 1.54) is 28.9 Å². The molecule has 0 aromatic heterocycles. The summed E-state index contributed by atoms with van der Waals surface area (Å²) in [6.45, 7) is 5.67. The Bertz CT molecular complexity index is 1440. The lowest BCUT2D eigenvalue weighted by Gasteiger charge is -2.30. The fraction of sp³-hybridized carbons (Fsp3) is 0.214. The summed E-state index contributed by atoms with van der Waals surface area (Å²) in [5, 5.41) is 22.5. The zero-order valence-corrected chi connectivity index (χ0v) is 17.8. The van der Waals surface area contributed by atoms with Crippen molar-refractivity contribution in [3.8, 4) is 12.1 Å². The highest BCUT2D eigenvalue weighted by Gasteiger charge is 2.41. The highest BCUT2D eigenvalue weighted by molar-refractivity contribution is 5.89. The molecule has 31 heavy (non-hydrogen) atoms. The van der Waals surface area contributed by atoms with Crippen molar-refractivity contribution in [3.63, 3.8) is 0 Å². The lowest BCUT2D eigenvalue weighted by Crippen LogP contribution is -2.29. The van der Waals surface area contributed by atoms with Crippen molar-refractivity contribution in [3.05, 3.63) is 87.9 Å². The van der Waals surface area contributed by atoms with Crippen molar-refractivity contribution in [2.24, 2.45) is 0 Å². The highest BCUT2D eigenvalue weighted by Crippen LogP contribution is 2.50. The van der Waals surface area contributed by atoms with E-state index in [1.54, 1.807) is 0 Å². The topological polar surface area (TPSA) is 50.8 Å². The molecule has 0 aliphatic carbocycles. The highest BCUT2D eigenvalue weighted by atomic mass is 15.2. The third-order valence-electron chi connectivity index (χ3n) is 6.69. The van der Waals surface area contributed by atoms with Crippen molar-refractivity contribution in [1.82, 2.24) is 0 Å². The van der Waals surface area contributed by atoms with Crippen LogP contribution >= 0.6 is 0 Å². The van der Waals surface area contributed by atoms with E-state index in [1.807, 2.05) is 42.5 Å². The van der Waals surface area contributed by atoms with Crippen LogP contribution in [-0.2, 0) is 11.8 Å². The second kappa shape index (κ2) is 7.15. The number of para-hydroxylation sites is 1. The number of hydrogen-bond donors (Lipinski definition) is 0. The Morgan fingerprint density at radius 3 is 2.48 bits per heavy atom. The van der Waals surface area contributed by atoms with Gasteiger partial charge in [0.05, 0.1) is 0 Å². The summed E-state index contributed by atoms with van der Waals surface area (Å²) in [4.78, 5) is 2.50. The maximum absolute atomic E-state index is 9.35. The van der Waals surface area contributed by atoms with Gasteiger partial charge in [-0.3, -0.25) is 0 Å². The van der Waals surface area contributed by atoms with Crippen molar-refractivity contribution >= 4 is 28.1 Å². The number of rotatable bonds is 1. The number of fused-ring (bicyclic) bond motifs is 1. The third kappa shape index (κ3) is 2.86. The monoisotopic (exact) mass is 401 g/mol. The first-order chi connectivity index (χ1) is 15.1. The summed E-state index contributed by atoms with van der Waals surface area (Å²) in [6, 6.07) is 22.7. The molecular weight excluding hydrogens is 378 g/mol. The smallest absolute Gasteiger partial charge is 0.137 e. The van der Waals surface area contributed by atoms with Gasteiger partial charge in [0.2, 0.25) is 0 Å². The van der Waals surface area contributed by atoms with Crippen LogP contribution in [0.25, 0.3) is 22.4 Å². The Morgan fingerprint density at radius 1 is 0.935 bits per heavy atom. The number of benzene rings is 3. The van der Waals surface area contributed by atoms with Crippen LogP contribution in [-0.4, -0.2) is 6.54 Å². The maximum Gasteiger partial charge on any atom is 0.137 e. The normalized spacial score (nSPS) is 18.0. The van der Waals surface area contributed by atoms with Crippen LogP contribution in [0.15, 0.2) is 66.4 Å². The molecule has 0 fully saturated rings. The van der Waals surface area contributed by atoms with Gasteiger partial charge in [-0.1, -0.05) is 74.5 Å². The fourth-order valence-corrected chi connectivity index (χ4v) is 5.17. The third-order valence-corrected chi connectivity index (χ3v) is 6.69. The lowest BCUT2D eigenvalue weighted by molar-refractivity contribution is 0.626. The minimum absolute atomic E-state index is 0.0511. The van der Waals surface area contributed by atoms with E-state index in [0.717, 1.165) is 29.0 Å². The molecule has 0 radical (unpaired) electrons. The molecule has 2 heterocycles. The average molecular weight is 402 g/mol. The minimum Gasteiger partial charge on any atom is -0.344 e. The van der Waals surface area contributed by atoms with Gasteiger partial charge in [0.25, 0.3) is 0 Å². The Labute approximate surface area is 182 Å². The molecule has 0 atom stereocenters. The van der Waals surface area contributed by atoms with Gasteiger partial charge in [0.15, 0.2) is 0 Å². The van der Waals surface area contributed by atoms with E-state index in [2.05, 4.69) is 55.2 Å². The van der Waals surface area contributed by atoms with Gasteiger partial charge < -0.3 is 4.90 Å². The zero-order chi connectivity index (χ0) is 21.6. The quantitative estimate of drug-likeness (QED) is 0.605. The van der Waals surface area contributed by atoms with Gasteiger partial charge >= 0.3 is 0 Å². The van der Waals surface area contributed by atoms with E-state index >= 15 is 0 Å². The predicted molar refractivity (Wildman–Crippen MR) is 126 cm³/mol. The number of allylic oxidation sites excluding steroid dienone is 2. The van der Waals surface area contributed by atoms with Gasteiger partial charge in [-0.15, -0.1) is 0 Å². The zero-order valence-electron chi connectivity index (χ0n) is 17.8. The van der Waals surface area contributed by atoms with Crippen molar-refractivity contribution in [1.29, 1.82) is 10.5 Å². The first-order valence-electron chi connectivity index (χ1n) is 10.7. The standard InChI is InChI=1S/C28H23N3/c1-28(2)25-11-5-7-20-8-6-16-31(27(20)25)26(28)15-13-19-12-14-23(21(17-29)18-30)24-10-4-3-9-22(19)24/h3-5,7,9-15H,6,8,16H2,1-2H3. The molecule has 3 aromatic carbocycles. The van der Waals surface area contributed by atoms with E-state index in [-0.39, 0.29) is 11.0 Å². The number of nitriles is 2. The molecule has 150 valence electrons. The van der Waals surface area contributed by atoms with Crippen LogP contribution < -0.4 is 15.3 Å². The van der Waals surface area contributed by atoms with Crippen LogP contribution in [0.5, 0.6) is 0 Å². The molecule has 0 saturated carbocycles. The van der Waals surface area contributed by atoms with E-state index < -0.39 is 0 Å². The van der Waals surface area contributed by atoms with Crippen molar-refractivity contribution in [2.45, 2.75) is 32.1 Å². The Hall–Kier alpha value is -3.82. The Kier molecular flexibility index (Phi) is 4.42. The second-order valence-corrected chi connectivity index (χ2v) is 8.76. The number of hydrogen-bond acceptors (Lipinski definition) is 3. The summed E-state index contributed by atoms with van der Waals surface area (Å²) in [7, 11) is 0. The molecular formula is C28H23N3. The molecule has 0 amide bonds. The van der Waals surface area contributed by atoms with E-state index in [4.69, 9.17) is 0 Å². The minimum atomic E-state index is -0.0511. The summed E-state index contributed by atoms with van der Waals surface area (Å²) in [5.74, 6) is 0. The van der Waals surface area contributed by atoms with Crippen molar-refractivity contribution in [2.75, 3.05) is 11.4 Å². The van der Waals surface area contributed by atoms with Gasteiger partial charge in [0.1, 0.15) is 17.7 Å². The molecule has 2 aliphatic rings. The molecule has 3 nitrogen and oxygen atoms in total. The molecule has 0 unspecified atom stereocenters. The summed E-state index contributed by atoms with van der Waals surface area (Å²) in [5.41, 5.74) is 5.68. The number of nitrogens with zero attached hydrogens (tertiary/aromatic N) is 3. The summed E-state index contributed by atoms with van der Waals surface area (Å²) in [6.07, 6.45) is 6.76. The lowest BCUT2D eigenvalue weighted by atomic mass is 9.83. The molecule has 3 heteroatoms. The molecule has 0 saturated heterocycles. The van der Waals surface area contributed by atoms with Crippen LogP contribution in [0.1, 0.15) is 31.4 Å². The van der Waals surface area contributed by atoms with E-state index in [9.17, 15) is 10.5 Å². The Morgan fingerprint density at radius 2 is 1.71 bits per heavy atom. The first-order valence-corrected chi connectivity index (χ1v) is 10.7. The van der Waals surface area contributed by atoms with Crippen LogP contribution in [0.4, 0.5) is 5.69 Å². The van der Waals surface area contributed by atoms with Crippen molar-refractivity contribution < 1.29 is 0 Å². The van der Waals surface area contributed by atoms with Gasteiger partial charge in [-0.25, -0.2) is 0 Å². The molecule has 0 bridgehead atoms. The van der Waals surface area contributed by atoms with Gasteiger partial charge in [0, 0.05) is 28.6 Å². The molecule has 5 rings (SSSR count). The fourth-order valence-electron chi connectivity index (χ4n) is 5.17. The van der Waals surface area contributed by atoms with Gasteiger partial charge in [-0.05, 0) is 46.0 Å². The molecule has 0 N–H and O–H groups in total. The number of anilines is 1. The SMILES string of the molecule is CC1(C)C(=CC=c2ccc(=C(C#N)C#N)c3ccccc23)N2CCCc3cccc1c32. The second-order valence-electron chi connectivity index (χ2n) is 8.76. The van der Waals surface area contributed by atoms with Crippen LogP contribution in [0.2, 0.25) is 0 Å². The molecule has 3 aromatic rings. The predicted octanol–water partition coefficient (Wildman–Crippen LogP) is 4.45. The molecule has 2 aliphatic heterocycles. The summed E-state index contributed by atoms with van der Waals surface area (Å²) >= 11 is 0. The molecule has 0 spiro atoms. The van der Waals surface area contributed by atoms with Gasteiger partial charge in [-0.2, -0.15) is 10.5 Å². The first kappa shape index (κ1) is 19.2.